The number of nitriles is 1. The van der Waals surface area contributed by atoms with Gasteiger partial charge in [0.05, 0.1) is 12.0 Å². The van der Waals surface area contributed by atoms with Crippen molar-refractivity contribution >= 4 is 5.69 Å². The number of hydrogen-bond donors (Lipinski definition) is 1. The second kappa shape index (κ2) is 7.81. The molecule has 0 fully saturated rings. The Morgan fingerprint density at radius 1 is 1.32 bits per heavy atom. The predicted octanol–water partition coefficient (Wildman–Crippen LogP) is 3.34. The summed E-state index contributed by atoms with van der Waals surface area (Å²) in [5.74, 6) is 0.0389. The molecule has 0 aliphatic rings. The van der Waals surface area contributed by atoms with E-state index in [-0.39, 0.29) is 5.92 Å². The van der Waals surface area contributed by atoms with Crippen LogP contribution in [0.3, 0.4) is 0 Å². The van der Waals surface area contributed by atoms with Crippen LogP contribution in [0.25, 0.3) is 0 Å². The van der Waals surface area contributed by atoms with Crippen molar-refractivity contribution in [3.8, 4) is 6.07 Å². The van der Waals surface area contributed by atoms with Crippen LogP contribution in [0.4, 0.5) is 5.69 Å². The van der Waals surface area contributed by atoms with Gasteiger partial charge in [0.1, 0.15) is 0 Å². The first-order chi connectivity index (χ1) is 9.10. The van der Waals surface area contributed by atoms with Gasteiger partial charge in [-0.3, -0.25) is 0 Å². The van der Waals surface area contributed by atoms with Crippen LogP contribution in [0.1, 0.15) is 38.8 Å². The quantitative estimate of drug-likeness (QED) is 0.816. The van der Waals surface area contributed by atoms with Crippen molar-refractivity contribution in [3.63, 3.8) is 0 Å². The first-order valence-corrected chi connectivity index (χ1v) is 7.03. The molecule has 19 heavy (non-hydrogen) atoms. The number of benzene rings is 1. The minimum absolute atomic E-state index is 0.0389. The molecule has 0 saturated carbocycles. The van der Waals surface area contributed by atoms with E-state index in [0.717, 1.165) is 19.5 Å². The highest BCUT2D eigenvalue weighted by molar-refractivity contribution is 5.54. The SMILES string of the molecule is CCCNC(C)c1ccccc1N(C)CC(C)C#N. The van der Waals surface area contributed by atoms with E-state index in [4.69, 9.17) is 5.26 Å². The van der Waals surface area contributed by atoms with Gasteiger partial charge in [0.25, 0.3) is 0 Å². The lowest BCUT2D eigenvalue weighted by Gasteiger charge is -2.26. The van der Waals surface area contributed by atoms with Gasteiger partial charge in [-0.05, 0) is 38.4 Å². The summed E-state index contributed by atoms with van der Waals surface area (Å²) in [6.07, 6.45) is 1.13. The van der Waals surface area contributed by atoms with Gasteiger partial charge >= 0.3 is 0 Å². The van der Waals surface area contributed by atoms with Gasteiger partial charge < -0.3 is 10.2 Å². The maximum Gasteiger partial charge on any atom is 0.0671 e. The molecular formula is C16H25N3. The number of anilines is 1. The Labute approximate surface area is 117 Å². The second-order valence-electron chi connectivity index (χ2n) is 5.15. The van der Waals surface area contributed by atoms with Gasteiger partial charge in [-0.25, -0.2) is 0 Å². The van der Waals surface area contributed by atoms with Crippen molar-refractivity contribution < 1.29 is 0 Å². The average molecular weight is 259 g/mol. The van der Waals surface area contributed by atoms with Crippen LogP contribution >= 0.6 is 0 Å². The maximum atomic E-state index is 8.94. The molecule has 1 rings (SSSR count). The third-order valence-corrected chi connectivity index (χ3v) is 3.28. The number of rotatable bonds is 7. The van der Waals surface area contributed by atoms with Crippen LogP contribution in [-0.2, 0) is 0 Å². The van der Waals surface area contributed by atoms with Gasteiger partial charge in [-0.2, -0.15) is 5.26 Å². The summed E-state index contributed by atoms with van der Waals surface area (Å²) < 4.78 is 0. The lowest BCUT2D eigenvalue weighted by Crippen LogP contribution is -2.27. The van der Waals surface area contributed by atoms with Gasteiger partial charge in [0, 0.05) is 25.3 Å². The molecule has 1 aromatic rings. The van der Waals surface area contributed by atoms with Crippen LogP contribution in [0, 0.1) is 17.2 Å². The number of para-hydroxylation sites is 1. The molecule has 0 aliphatic heterocycles. The molecule has 0 aliphatic carbocycles. The normalized spacial score (nSPS) is 13.6. The summed E-state index contributed by atoms with van der Waals surface area (Å²) in [5, 5.41) is 12.5. The van der Waals surface area contributed by atoms with E-state index >= 15 is 0 Å². The smallest absolute Gasteiger partial charge is 0.0671 e. The molecule has 0 spiro atoms. The van der Waals surface area contributed by atoms with Crippen molar-refractivity contribution in [3.05, 3.63) is 29.8 Å². The Hall–Kier alpha value is -1.53. The topological polar surface area (TPSA) is 39.1 Å². The molecule has 2 atom stereocenters. The second-order valence-corrected chi connectivity index (χ2v) is 5.15. The molecular weight excluding hydrogens is 234 g/mol. The highest BCUT2D eigenvalue weighted by atomic mass is 15.1. The van der Waals surface area contributed by atoms with Gasteiger partial charge in [0.15, 0.2) is 0 Å². The summed E-state index contributed by atoms with van der Waals surface area (Å²) in [7, 11) is 2.05. The van der Waals surface area contributed by atoms with E-state index in [1.54, 1.807) is 0 Å². The predicted molar refractivity (Wildman–Crippen MR) is 81.2 cm³/mol. The minimum atomic E-state index is 0.0389. The average Bonchev–Trinajstić information content (AvgIpc) is 2.44. The summed E-state index contributed by atoms with van der Waals surface area (Å²) in [4.78, 5) is 2.17. The fraction of sp³-hybridized carbons (Fsp3) is 0.562. The monoisotopic (exact) mass is 259 g/mol. The maximum absolute atomic E-state index is 8.94. The summed E-state index contributed by atoms with van der Waals surface area (Å²) in [5.41, 5.74) is 2.50. The molecule has 0 amide bonds. The molecule has 1 N–H and O–H groups in total. The zero-order chi connectivity index (χ0) is 14.3. The number of hydrogen-bond acceptors (Lipinski definition) is 3. The molecule has 0 heterocycles. The molecule has 0 saturated heterocycles. The Morgan fingerprint density at radius 2 is 2.00 bits per heavy atom. The van der Waals surface area contributed by atoms with Crippen LogP contribution in [-0.4, -0.2) is 20.1 Å². The first kappa shape index (κ1) is 15.5. The van der Waals surface area contributed by atoms with Gasteiger partial charge in [-0.1, -0.05) is 25.1 Å². The third kappa shape index (κ3) is 4.57. The lowest BCUT2D eigenvalue weighted by atomic mass is 10.0. The zero-order valence-corrected chi connectivity index (χ0v) is 12.5. The Balaban J connectivity index is 2.86. The van der Waals surface area contributed by atoms with Crippen molar-refractivity contribution in [2.24, 2.45) is 5.92 Å². The standard InChI is InChI=1S/C16H25N3/c1-5-10-18-14(3)15-8-6-7-9-16(15)19(4)12-13(2)11-17/h6-9,13-14,18H,5,10,12H2,1-4H3. The summed E-state index contributed by atoms with van der Waals surface area (Å²) in [6.45, 7) is 8.10. The Morgan fingerprint density at radius 3 is 2.63 bits per heavy atom. The van der Waals surface area contributed by atoms with E-state index in [0.29, 0.717) is 6.04 Å². The minimum Gasteiger partial charge on any atom is -0.373 e. The fourth-order valence-electron chi connectivity index (χ4n) is 2.22. The van der Waals surface area contributed by atoms with Crippen LogP contribution in [0.2, 0.25) is 0 Å². The molecule has 3 nitrogen and oxygen atoms in total. The van der Waals surface area contributed by atoms with Crippen LogP contribution in [0.5, 0.6) is 0 Å². The lowest BCUT2D eigenvalue weighted by molar-refractivity contribution is 0.569. The highest BCUT2D eigenvalue weighted by Gasteiger charge is 2.14. The molecule has 2 unspecified atom stereocenters. The van der Waals surface area contributed by atoms with Crippen molar-refractivity contribution in [1.29, 1.82) is 5.26 Å². The van der Waals surface area contributed by atoms with Crippen LogP contribution in [0.15, 0.2) is 24.3 Å². The van der Waals surface area contributed by atoms with Gasteiger partial charge in [0.2, 0.25) is 0 Å². The van der Waals surface area contributed by atoms with E-state index in [9.17, 15) is 0 Å². The van der Waals surface area contributed by atoms with Crippen molar-refractivity contribution in [2.75, 3.05) is 25.0 Å². The Kier molecular flexibility index (Phi) is 6.38. The molecule has 1 aromatic carbocycles. The van der Waals surface area contributed by atoms with E-state index < -0.39 is 0 Å². The fourth-order valence-corrected chi connectivity index (χ4v) is 2.22. The molecule has 3 heteroatoms. The van der Waals surface area contributed by atoms with E-state index in [2.05, 4.69) is 61.4 Å². The first-order valence-electron chi connectivity index (χ1n) is 7.03. The zero-order valence-electron chi connectivity index (χ0n) is 12.5. The molecule has 0 radical (unpaired) electrons. The highest BCUT2D eigenvalue weighted by Crippen LogP contribution is 2.25. The van der Waals surface area contributed by atoms with E-state index in [1.807, 2.05) is 6.92 Å². The van der Waals surface area contributed by atoms with E-state index in [1.165, 1.54) is 11.3 Å². The number of nitrogens with one attached hydrogen (secondary N) is 1. The summed E-state index contributed by atoms with van der Waals surface area (Å²) in [6, 6.07) is 11.0. The van der Waals surface area contributed by atoms with Crippen molar-refractivity contribution in [1.82, 2.24) is 5.32 Å². The molecule has 0 aromatic heterocycles. The number of nitrogens with zero attached hydrogens (tertiary/aromatic N) is 2. The molecule has 104 valence electrons. The molecule has 0 bridgehead atoms. The van der Waals surface area contributed by atoms with Crippen molar-refractivity contribution in [2.45, 2.75) is 33.2 Å². The summed E-state index contributed by atoms with van der Waals surface area (Å²) >= 11 is 0. The Bertz CT molecular complexity index is 422. The largest absolute Gasteiger partial charge is 0.373 e. The third-order valence-electron chi connectivity index (χ3n) is 3.28. The van der Waals surface area contributed by atoms with Gasteiger partial charge in [-0.15, -0.1) is 0 Å². The van der Waals surface area contributed by atoms with Crippen LogP contribution < -0.4 is 10.2 Å².